The summed E-state index contributed by atoms with van der Waals surface area (Å²) in [6.45, 7) is 8.72. The molecule has 0 amide bonds. The molecule has 1 aliphatic rings. The van der Waals surface area contributed by atoms with Gasteiger partial charge in [0.25, 0.3) is 0 Å². The topological polar surface area (TPSA) is 108 Å². The maximum atomic E-state index is 9.52. The van der Waals surface area contributed by atoms with Crippen LogP contribution in [0.5, 0.6) is 11.6 Å². The van der Waals surface area contributed by atoms with E-state index in [9.17, 15) is 5.26 Å². The Morgan fingerprint density at radius 3 is 2.77 bits per heavy atom. The second-order valence-electron chi connectivity index (χ2n) is 10.4. The van der Waals surface area contributed by atoms with E-state index in [1.165, 1.54) is 0 Å². The zero-order chi connectivity index (χ0) is 27.2. The monoisotopic (exact) mass is 521 g/mol. The average Bonchev–Trinajstić information content (AvgIpc) is 2.95. The van der Waals surface area contributed by atoms with Crippen molar-refractivity contribution in [1.82, 2.24) is 20.3 Å². The Kier molecular flexibility index (Phi) is 8.18. The number of benzene rings is 2. The number of aromatic nitrogens is 3. The molecule has 0 radical (unpaired) electrons. The van der Waals surface area contributed by atoms with Gasteiger partial charge in [-0.25, -0.2) is 15.0 Å². The van der Waals surface area contributed by atoms with Crippen molar-refractivity contribution < 1.29 is 4.74 Å². The molecule has 3 N–H and O–H groups in total. The van der Waals surface area contributed by atoms with Gasteiger partial charge in [0.2, 0.25) is 11.8 Å². The number of pyridine rings is 1. The summed E-state index contributed by atoms with van der Waals surface area (Å²) in [4.78, 5) is 13.8. The largest absolute Gasteiger partial charge is 0.437 e. The lowest BCUT2D eigenvalue weighted by Gasteiger charge is -2.23. The van der Waals surface area contributed by atoms with Gasteiger partial charge >= 0.3 is 0 Å². The highest BCUT2D eigenvalue weighted by molar-refractivity contribution is 5.98. The van der Waals surface area contributed by atoms with Crippen molar-refractivity contribution in [2.75, 3.05) is 30.3 Å². The van der Waals surface area contributed by atoms with Gasteiger partial charge in [0.1, 0.15) is 5.75 Å². The van der Waals surface area contributed by atoms with Gasteiger partial charge in [-0.1, -0.05) is 38.1 Å². The van der Waals surface area contributed by atoms with Crippen molar-refractivity contribution in [2.45, 2.75) is 39.7 Å². The Labute approximate surface area is 229 Å². The molecule has 2 atom stereocenters. The second kappa shape index (κ2) is 12.1. The number of aryl methyl sites for hydroxylation is 1. The van der Waals surface area contributed by atoms with E-state index in [0.717, 1.165) is 65.0 Å². The van der Waals surface area contributed by atoms with Crippen LogP contribution in [0.3, 0.4) is 0 Å². The molecule has 0 aliphatic carbocycles. The van der Waals surface area contributed by atoms with E-state index in [-0.39, 0.29) is 11.8 Å². The van der Waals surface area contributed by atoms with Gasteiger partial charge in [-0.15, -0.1) is 0 Å². The van der Waals surface area contributed by atoms with E-state index in [4.69, 9.17) is 9.72 Å². The highest BCUT2D eigenvalue weighted by Gasteiger charge is 2.18. The zero-order valence-corrected chi connectivity index (χ0v) is 22.7. The van der Waals surface area contributed by atoms with Crippen LogP contribution in [-0.4, -0.2) is 40.6 Å². The van der Waals surface area contributed by atoms with Gasteiger partial charge in [-0.05, 0) is 62.1 Å². The summed E-state index contributed by atoms with van der Waals surface area (Å²) in [6, 6.07) is 18.7. The molecule has 39 heavy (non-hydrogen) atoms. The van der Waals surface area contributed by atoms with Crippen LogP contribution < -0.4 is 20.7 Å². The molecule has 5 rings (SSSR count). The second-order valence-corrected chi connectivity index (χ2v) is 10.4. The molecule has 4 aromatic rings. The van der Waals surface area contributed by atoms with Gasteiger partial charge in [-0.3, -0.25) is 0 Å². The third-order valence-electron chi connectivity index (χ3n) is 7.22. The SMILES string of the molecule is Cc1ccc2c(NC[C@@H](C#N)C(C)C)cccc2c1Oc1ncccc1-c1ccnc(N[C@H]2CCCNC2)n1. The Hall–Kier alpha value is -4.22. The molecule has 1 aliphatic heterocycles. The van der Waals surface area contributed by atoms with Crippen LogP contribution in [0.15, 0.2) is 60.9 Å². The first-order chi connectivity index (χ1) is 19.0. The number of rotatable bonds is 9. The molecule has 2 aromatic heterocycles. The molecule has 0 unspecified atom stereocenters. The molecule has 0 spiro atoms. The van der Waals surface area contributed by atoms with E-state index < -0.39 is 0 Å². The van der Waals surface area contributed by atoms with Crippen LogP contribution in [0.2, 0.25) is 0 Å². The van der Waals surface area contributed by atoms with Crippen LogP contribution >= 0.6 is 0 Å². The molecule has 3 heterocycles. The van der Waals surface area contributed by atoms with Crippen molar-refractivity contribution in [1.29, 1.82) is 5.26 Å². The third kappa shape index (κ3) is 6.10. The maximum absolute atomic E-state index is 9.52. The van der Waals surface area contributed by atoms with Crippen LogP contribution in [0, 0.1) is 30.1 Å². The summed E-state index contributed by atoms with van der Waals surface area (Å²) in [5.74, 6) is 2.04. The fraction of sp³-hybridized carbons (Fsp3) is 0.355. The van der Waals surface area contributed by atoms with Gasteiger partial charge in [0, 0.05) is 48.0 Å². The van der Waals surface area contributed by atoms with E-state index >= 15 is 0 Å². The van der Waals surface area contributed by atoms with Crippen LogP contribution in [0.1, 0.15) is 32.3 Å². The number of hydrogen-bond donors (Lipinski definition) is 3. The number of anilines is 2. The molecular weight excluding hydrogens is 486 g/mol. The van der Waals surface area contributed by atoms with Crippen LogP contribution in [0.4, 0.5) is 11.6 Å². The molecule has 0 saturated carbocycles. The minimum atomic E-state index is -0.0703. The van der Waals surface area contributed by atoms with Crippen molar-refractivity contribution in [2.24, 2.45) is 11.8 Å². The Bertz CT molecular complexity index is 1470. The molecule has 1 fully saturated rings. The van der Waals surface area contributed by atoms with Gasteiger partial charge in [0.05, 0.1) is 23.2 Å². The van der Waals surface area contributed by atoms with Crippen LogP contribution in [-0.2, 0) is 0 Å². The number of fused-ring (bicyclic) bond motifs is 1. The minimum Gasteiger partial charge on any atom is -0.437 e. The fourth-order valence-electron chi connectivity index (χ4n) is 4.88. The normalized spacial score (nSPS) is 16.0. The molecule has 8 heteroatoms. The summed E-state index contributed by atoms with van der Waals surface area (Å²) >= 11 is 0. The number of piperidine rings is 1. The Morgan fingerprint density at radius 1 is 1.08 bits per heavy atom. The number of nitrogens with zero attached hydrogens (tertiary/aromatic N) is 4. The van der Waals surface area contributed by atoms with E-state index in [1.807, 2.05) is 37.3 Å². The first-order valence-electron chi connectivity index (χ1n) is 13.6. The van der Waals surface area contributed by atoms with Crippen molar-refractivity contribution in [3.63, 3.8) is 0 Å². The summed E-state index contributed by atoms with van der Waals surface area (Å²) in [7, 11) is 0. The molecule has 8 nitrogen and oxygen atoms in total. The number of ether oxygens (including phenoxy) is 1. The van der Waals surface area contributed by atoms with E-state index in [1.54, 1.807) is 12.4 Å². The molecule has 0 bridgehead atoms. The maximum Gasteiger partial charge on any atom is 0.228 e. The zero-order valence-electron chi connectivity index (χ0n) is 22.7. The first-order valence-corrected chi connectivity index (χ1v) is 13.6. The van der Waals surface area contributed by atoms with E-state index in [2.05, 4.69) is 64.0 Å². The molecule has 1 saturated heterocycles. The lowest BCUT2D eigenvalue weighted by molar-refractivity contribution is 0.466. The summed E-state index contributed by atoms with van der Waals surface area (Å²) in [5, 5.41) is 21.9. The minimum absolute atomic E-state index is 0.0703. The van der Waals surface area contributed by atoms with Crippen LogP contribution in [0.25, 0.3) is 22.0 Å². The summed E-state index contributed by atoms with van der Waals surface area (Å²) in [5.41, 5.74) is 3.52. The van der Waals surface area contributed by atoms with Crippen molar-refractivity contribution >= 4 is 22.4 Å². The predicted molar refractivity (Wildman–Crippen MR) is 156 cm³/mol. The van der Waals surface area contributed by atoms with Crippen molar-refractivity contribution in [3.8, 4) is 29.0 Å². The number of nitriles is 1. The van der Waals surface area contributed by atoms with Crippen molar-refractivity contribution in [3.05, 3.63) is 66.5 Å². The lowest BCUT2D eigenvalue weighted by Crippen LogP contribution is -2.38. The fourth-order valence-corrected chi connectivity index (χ4v) is 4.88. The number of hydrogen-bond acceptors (Lipinski definition) is 8. The Morgan fingerprint density at radius 2 is 1.97 bits per heavy atom. The summed E-state index contributed by atoms with van der Waals surface area (Å²) in [6.07, 6.45) is 5.72. The third-order valence-corrected chi connectivity index (χ3v) is 7.22. The first kappa shape index (κ1) is 26.4. The van der Waals surface area contributed by atoms with Gasteiger partial charge < -0.3 is 20.7 Å². The standard InChI is InChI=1S/C31H35N7O/c1-20(2)22(17-32)18-36-27-10-4-8-25-24(27)12-11-21(3)29(25)39-30-26(9-6-15-34-30)28-13-16-35-31(38-28)37-23-7-5-14-33-19-23/h4,6,8-13,15-16,20,22-23,33,36H,5,7,14,18-19H2,1-3H3,(H,35,37,38)/t22-,23+/m1/s1. The van der Waals surface area contributed by atoms with Gasteiger partial charge in [-0.2, -0.15) is 5.26 Å². The predicted octanol–water partition coefficient (Wildman–Crippen LogP) is 6.16. The smallest absolute Gasteiger partial charge is 0.228 e. The quantitative estimate of drug-likeness (QED) is 0.240. The Balaban J connectivity index is 1.45. The highest BCUT2D eigenvalue weighted by Crippen LogP contribution is 2.38. The average molecular weight is 522 g/mol. The lowest BCUT2D eigenvalue weighted by atomic mass is 9.97. The number of nitrogens with one attached hydrogen (secondary N) is 3. The molecule has 200 valence electrons. The van der Waals surface area contributed by atoms with Gasteiger partial charge in [0.15, 0.2) is 0 Å². The molecule has 2 aromatic carbocycles. The summed E-state index contributed by atoms with van der Waals surface area (Å²) < 4.78 is 6.56. The van der Waals surface area contributed by atoms with E-state index in [0.29, 0.717) is 24.4 Å². The molecular formula is C31H35N7O. The highest BCUT2D eigenvalue weighted by atomic mass is 16.5.